The molecule has 1 saturated heterocycles. The number of carboxylic acids is 1. The zero-order chi connectivity index (χ0) is 25.1. The normalized spacial score (nSPS) is 17.7. The van der Waals surface area contributed by atoms with Gasteiger partial charge in [-0.3, -0.25) is 19.3 Å². The number of carbonyl (C=O) groups is 4. The van der Waals surface area contributed by atoms with E-state index in [9.17, 15) is 23.6 Å². The zero-order valence-corrected chi connectivity index (χ0v) is 20.0. The molecule has 2 N–H and O–H groups in total. The average molecular weight is 500 g/mol. The molecule has 0 saturated carbocycles. The van der Waals surface area contributed by atoms with Gasteiger partial charge in [-0.05, 0) is 56.0 Å². The van der Waals surface area contributed by atoms with Crippen LogP contribution in [0.5, 0.6) is 0 Å². The van der Waals surface area contributed by atoms with Crippen LogP contribution < -0.4 is 10.2 Å². The van der Waals surface area contributed by atoms with Crippen LogP contribution in [0.15, 0.2) is 52.3 Å². The number of alkyl halides is 1. The third kappa shape index (κ3) is 5.17. The van der Waals surface area contributed by atoms with Crippen LogP contribution in [-0.4, -0.2) is 59.0 Å². The van der Waals surface area contributed by atoms with E-state index in [0.717, 1.165) is 21.0 Å². The van der Waals surface area contributed by atoms with Crippen molar-refractivity contribution >= 4 is 46.8 Å². The molecule has 0 spiro atoms. The monoisotopic (exact) mass is 499 g/mol. The van der Waals surface area contributed by atoms with E-state index in [4.69, 9.17) is 5.11 Å². The smallest absolute Gasteiger partial charge is 0.329 e. The van der Waals surface area contributed by atoms with Crippen molar-refractivity contribution in [3.8, 4) is 0 Å². The van der Waals surface area contributed by atoms with Gasteiger partial charge in [0.15, 0.2) is 5.78 Å². The first-order valence-corrected chi connectivity index (χ1v) is 12.2. The number of rotatable bonds is 6. The SMILES string of the molecule is Cc1ccc2c(c1)N(C(=O)N1CCCCC1C(=O)NC(CC(=O)O)C(=O)CF)c1ccccc1S2. The molecule has 2 aliphatic heterocycles. The van der Waals surface area contributed by atoms with Gasteiger partial charge in [-0.2, -0.15) is 0 Å². The number of ketones is 1. The molecule has 0 radical (unpaired) electrons. The molecule has 2 aromatic carbocycles. The van der Waals surface area contributed by atoms with Crippen molar-refractivity contribution < 1.29 is 28.7 Å². The second-order valence-corrected chi connectivity index (χ2v) is 9.71. The Morgan fingerprint density at radius 1 is 1.11 bits per heavy atom. The topological polar surface area (TPSA) is 107 Å². The number of fused-ring (bicyclic) bond motifs is 2. The minimum Gasteiger partial charge on any atom is -0.481 e. The van der Waals surface area contributed by atoms with Crippen LogP contribution in [0.1, 0.15) is 31.2 Å². The summed E-state index contributed by atoms with van der Waals surface area (Å²) in [6.07, 6.45) is 1.01. The van der Waals surface area contributed by atoms with Gasteiger partial charge in [-0.25, -0.2) is 9.18 Å². The highest BCUT2D eigenvalue weighted by molar-refractivity contribution is 7.99. The lowest BCUT2D eigenvalue weighted by atomic mass is 10.0. The minimum atomic E-state index is -1.49. The zero-order valence-electron chi connectivity index (χ0n) is 19.2. The van der Waals surface area contributed by atoms with Crippen molar-refractivity contribution in [1.82, 2.24) is 10.2 Å². The minimum absolute atomic E-state index is 0.324. The Morgan fingerprint density at radius 3 is 2.60 bits per heavy atom. The lowest BCUT2D eigenvalue weighted by Crippen LogP contribution is -2.57. The predicted molar refractivity (Wildman–Crippen MR) is 129 cm³/mol. The third-order valence-corrected chi connectivity index (χ3v) is 7.27. The Labute approximate surface area is 206 Å². The second-order valence-electron chi connectivity index (χ2n) is 8.62. The molecular formula is C25H26FN3O5S. The molecule has 4 rings (SSSR count). The van der Waals surface area contributed by atoms with E-state index in [1.165, 1.54) is 4.90 Å². The van der Waals surface area contributed by atoms with Crippen LogP contribution in [0.2, 0.25) is 0 Å². The number of Topliss-reactive ketones (excluding diaryl/α,β-unsaturated/α-hetero) is 1. The maximum Gasteiger partial charge on any atom is 0.329 e. The summed E-state index contributed by atoms with van der Waals surface area (Å²) in [5.41, 5.74) is 2.41. The lowest BCUT2D eigenvalue weighted by Gasteiger charge is -2.40. The van der Waals surface area contributed by atoms with Gasteiger partial charge in [0.05, 0.1) is 17.8 Å². The van der Waals surface area contributed by atoms with E-state index >= 15 is 0 Å². The quantitative estimate of drug-likeness (QED) is 0.621. The van der Waals surface area contributed by atoms with Crippen molar-refractivity contribution in [3.63, 3.8) is 0 Å². The maximum absolute atomic E-state index is 14.0. The van der Waals surface area contributed by atoms with Gasteiger partial charge < -0.3 is 15.3 Å². The van der Waals surface area contributed by atoms with Crippen molar-refractivity contribution in [2.24, 2.45) is 0 Å². The Morgan fingerprint density at radius 2 is 1.86 bits per heavy atom. The third-order valence-electron chi connectivity index (χ3n) is 6.14. The van der Waals surface area contributed by atoms with Crippen molar-refractivity contribution in [3.05, 3.63) is 48.0 Å². The number of hydrogen-bond donors (Lipinski definition) is 2. The Bertz CT molecular complexity index is 1170. The van der Waals surface area contributed by atoms with Gasteiger partial charge in [0.2, 0.25) is 5.91 Å². The molecule has 2 aliphatic rings. The van der Waals surface area contributed by atoms with Gasteiger partial charge in [-0.1, -0.05) is 30.0 Å². The Hall–Kier alpha value is -3.40. The van der Waals surface area contributed by atoms with E-state index in [-0.39, 0.29) is 6.03 Å². The summed E-state index contributed by atoms with van der Waals surface area (Å²) in [5.74, 6) is -3.00. The summed E-state index contributed by atoms with van der Waals surface area (Å²) in [6, 6.07) is 10.6. The number of para-hydroxylation sites is 1. The number of nitrogens with zero attached hydrogens (tertiary/aromatic N) is 2. The van der Waals surface area contributed by atoms with Gasteiger partial charge in [-0.15, -0.1) is 0 Å². The van der Waals surface area contributed by atoms with Gasteiger partial charge in [0.25, 0.3) is 0 Å². The largest absolute Gasteiger partial charge is 0.481 e. The van der Waals surface area contributed by atoms with Crippen LogP contribution in [-0.2, 0) is 14.4 Å². The fourth-order valence-corrected chi connectivity index (χ4v) is 5.45. The number of nitrogens with one attached hydrogen (secondary N) is 1. The summed E-state index contributed by atoms with van der Waals surface area (Å²) >= 11 is 1.57. The first kappa shape index (κ1) is 24.7. The summed E-state index contributed by atoms with van der Waals surface area (Å²) in [4.78, 5) is 55.1. The molecule has 8 nitrogen and oxygen atoms in total. The number of carboxylic acid groups (broad SMARTS) is 1. The maximum atomic E-state index is 14.0. The molecule has 0 aliphatic carbocycles. The van der Waals surface area contributed by atoms with Crippen molar-refractivity contribution in [1.29, 1.82) is 0 Å². The first-order chi connectivity index (χ1) is 16.8. The summed E-state index contributed by atoms with van der Waals surface area (Å²) in [7, 11) is 0. The van der Waals surface area contributed by atoms with Crippen molar-refractivity contribution in [2.45, 2.75) is 54.5 Å². The van der Waals surface area contributed by atoms with E-state index in [1.807, 2.05) is 49.4 Å². The average Bonchev–Trinajstić information content (AvgIpc) is 2.85. The Kier molecular flexibility index (Phi) is 7.39. The van der Waals surface area contributed by atoms with Crippen LogP contribution >= 0.6 is 11.8 Å². The number of piperidine rings is 1. The first-order valence-electron chi connectivity index (χ1n) is 11.4. The number of aliphatic carboxylic acids is 1. The molecule has 2 heterocycles. The molecule has 3 amide bonds. The summed E-state index contributed by atoms with van der Waals surface area (Å²) < 4.78 is 13.0. The highest BCUT2D eigenvalue weighted by atomic mass is 32.2. The molecule has 35 heavy (non-hydrogen) atoms. The van der Waals surface area contributed by atoms with E-state index in [1.54, 1.807) is 16.7 Å². The van der Waals surface area contributed by atoms with Crippen LogP contribution in [0.3, 0.4) is 0 Å². The van der Waals surface area contributed by atoms with Crippen molar-refractivity contribution in [2.75, 3.05) is 18.1 Å². The molecule has 0 aromatic heterocycles. The number of halogens is 1. The van der Waals surface area contributed by atoms with Crippen LogP contribution in [0.25, 0.3) is 0 Å². The molecule has 2 aromatic rings. The lowest BCUT2D eigenvalue weighted by molar-refractivity contribution is -0.140. The van der Waals surface area contributed by atoms with Gasteiger partial charge in [0.1, 0.15) is 18.8 Å². The number of benzene rings is 2. The summed E-state index contributed by atoms with van der Waals surface area (Å²) in [5, 5.41) is 11.4. The second kappa shape index (κ2) is 10.5. The standard InChI is InChI=1S/C25H26FN3O5S/c1-15-9-10-22-19(12-15)29(17-6-2-3-8-21(17)35-22)25(34)28-11-5-4-7-18(28)24(33)27-16(13-23(31)32)20(30)14-26/h2-3,6,8-10,12,16,18H,4-5,7,11,13-14H2,1H3,(H,27,33)(H,31,32). The number of amides is 3. The molecular weight excluding hydrogens is 473 g/mol. The van der Waals surface area contributed by atoms with E-state index in [2.05, 4.69) is 5.32 Å². The number of aryl methyl sites for hydroxylation is 1. The fourth-order valence-electron chi connectivity index (χ4n) is 4.41. The Balaban J connectivity index is 1.65. The number of hydrogen-bond acceptors (Lipinski definition) is 5. The molecule has 0 bridgehead atoms. The number of urea groups is 1. The van der Waals surface area contributed by atoms with E-state index in [0.29, 0.717) is 31.5 Å². The molecule has 10 heteroatoms. The van der Waals surface area contributed by atoms with Gasteiger partial charge >= 0.3 is 12.0 Å². The molecule has 1 fully saturated rings. The van der Waals surface area contributed by atoms with Crippen LogP contribution in [0.4, 0.5) is 20.6 Å². The van der Waals surface area contributed by atoms with Gasteiger partial charge in [0, 0.05) is 16.3 Å². The molecule has 2 atom stereocenters. The fraction of sp³-hybridized carbons (Fsp3) is 0.360. The number of anilines is 2. The number of carbonyl (C=O) groups excluding carboxylic acids is 3. The molecule has 184 valence electrons. The predicted octanol–water partition coefficient (Wildman–Crippen LogP) is 4.07. The molecule has 2 unspecified atom stereocenters. The van der Waals surface area contributed by atoms with E-state index < -0.39 is 42.8 Å². The van der Waals surface area contributed by atoms with Crippen LogP contribution in [0, 0.1) is 6.92 Å². The number of likely N-dealkylation sites (tertiary alicyclic amines) is 1. The highest BCUT2D eigenvalue weighted by Crippen LogP contribution is 2.48. The summed E-state index contributed by atoms with van der Waals surface area (Å²) in [6.45, 7) is 0.879. The highest BCUT2D eigenvalue weighted by Gasteiger charge is 2.39.